The van der Waals surface area contributed by atoms with Crippen molar-refractivity contribution in [2.24, 2.45) is 0 Å². The minimum atomic E-state index is -4.45. The number of sulfonamides is 1. The Kier molecular flexibility index (Phi) is 6.29. The van der Waals surface area contributed by atoms with Gasteiger partial charge in [0.05, 0.1) is 24.6 Å². The van der Waals surface area contributed by atoms with Gasteiger partial charge >= 0.3 is 6.18 Å². The van der Waals surface area contributed by atoms with Crippen molar-refractivity contribution in [3.63, 3.8) is 0 Å². The highest BCUT2D eigenvalue weighted by atomic mass is 32.2. The molecular weight excluding hydrogens is 437 g/mol. The summed E-state index contributed by atoms with van der Waals surface area (Å²) in [4.78, 5) is 4.26. The van der Waals surface area contributed by atoms with Gasteiger partial charge in [0.2, 0.25) is 15.9 Å². The molecule has 2 heterocycles. The second-order valence-electron chi connectivity index (χ2n) is 6.37. The van der Waals surface area contributed by atoms with Crippen LogP contribution in [0.2, 0.25) is 0 Å². The van der Waals surface area contributed by atoms with Gasteiger partial charge in [0.15, 0.2) is 0 Å². The molecule has 164 valence electrons. The number of aromatic nitrogens is 3. The van der Waals surface area contributed by atoms with Crippen LogP contribution >= 0.6 is 0 Å². The fourth-order valence-corrected chi connectivity index (χ4v) is 3.11. The number of hydrogen-bond donors (Lipinski definition) is 1. The van der Waals surface area contributed by atoms with Crippen LogP contribution < -0.4 is 14.2 Å². The SMILES string of the molecule is COc1nnc(-c2cccc(OCc3cccc(C(F)(F)F)c3)n2)cc1NS(C)(=O)=O. The third kappa shape index (κ3) is 6.04. The molecular formula is C19H17F3N4O4S. The average Bonchev–Trinajstić information content (AvgIpc) is 2.71. The molecule has 8 nitrogen and oxygen atoms in total. The fraction of sp³-hybridized carbons (Fsp3) is 0.211. The van der Waals surface area contributed by atoms with E-state index >= 15 is 0 Å². The predicted molar refractivity (Wildman–Crippen MR) is 106 cm³/mol. The monoisotopic (exact) mass is 454 g/mol. The van der Waals surface area contributed by atoms with E-state index in [0.717, 1.165) is 18.4 Å². The van der Waals surface area contributed by atoms with Crippen LogP contribution in [-0.4, -0.2) is 37.0 Å². The standard InChI is InChI=1S/C19H17F3N4O4S/c1-29-18-16(26-31(2,27)28)10-15(24-25-18)14-7-4-8-17(23-14)30-11-12-5-3-6-13(9-12)19(20,21)22/h3-10H,11H2,1-2H3,(H,24,26). The Balaban J connectivity index is 1.82. The van der Waals surface area contributed by atoms with Crippen LogP contribution in [0.1, 0.15) is 11.1 Å². The zero-order valence-electron chi connectivity index (χ0n) is 16.3. The lowest BCUT2D eigenvalue weighted by molar-refractivity contribution is -0.137. The molecule has 0 radical (unpaired) electrons. The third-order valence-electron chi connectivity index (χ3n) is 3.88. The van der Waals surface area contributed by atoms with Crippen molar-refractivity contribution in [1.82, 2.24) is 15.2 Å². The largest absolute Gasteiger partial charge is 0.478 e. The maximum atomic E-state index is 12.8. The van der Waals surface area contributed by atoms with Crippen molar-refractivity contribution >= 4 is 15.7 Å². The van der Waals surface area contributed by atoms with Crippen molar-refractivity contribution in [3.8, 4) is 23.1 Å². The highest BCUT2D eigenvalue weighted by molar-refractivity contribution is 7.92. The number of nitrogens with zero attached hydrogens (tertiary/aromatic N) is 3. The molecule has 2 aromatic heterocycles. The summed E-state index contributed by atoms with van der Waals surface area (Å²) in [6, 6.07) is 10.9. The third-order valence-corrected chi connectivity index (χ3v) is 4.47. The molecule has 0 saturated heterocycles. The van der Waals surface area contributed by atoms with E-state index in [0.29, 0.717) is 11.3 Å². The van der Waals surface area contributed by atoms with E-state index in [1.165, 1.54) is 31.4 Å². The van der Waals surface area contributed by atoms with Crippen molar-refractivity contribution in [3.05, 3.63) is 59.7 Å². The first kappa shape index (κ1) is 22.3. The van der Waals surface area contributed by atoms with Gasteiger partial charge in [-0.05, 0) is 29.8 Å². The number of rotatable bonds is 7. The molecule has 1 N–H and O–H groups in total. The summed E-state index contributed by atoms with van der Waals surface area (Å²) in [6.07, 6.45) is -3.47. The summed E-state index contributed by atoms with van der Waals surface area (Å²) in [7, 11) is -2.28. The number of anilines is 1. The van der Waals surface area contributed by atoms with E-state index in [2.05, 4.69) is 19.9 Å². The van der Waals surface area contributed by atoms with Crippen LogP contribution in [0.25, 0.3) is 11.4 Å². The highest BCUT2D eigenvalue weighted by Gasteiger charge is 2.30. The summed E-state index contributed by atoms with van der Waals surface area (Å²) in [5, 5.41) is 7.78. The molecule has 0 aliphatic heterocycles. The maximum absolute atomic E-state index is 12.8. The maximum Gasteiger partial charge on any atom is 0.416 e. The van der Waals surface area contributed by atoms with E-state index in [4.69, 9.17) is 9.47 Å². The summed E-state index contributed by atoms with van der Waals surface area (Å²) in [5.41, 5.74) is 0.178. The van der Waals surface area contributed by atoms with Crippen molar-refractivity contribution in [1.29, 1.82) is 0 Å². The molecule has 0 amide bonds. The van der Waals surface area contributed by atoms with E-state index in [-0.39, 0.29) is 29.7 Å². The number of nitrogens with one attached hydrogen (secondary N) is 1. The molecule has 0 atom stereocenters. The first-order valence-electron chi connectivity index (χ1n) is 8.71. The lowest BCUT2D eigenvalue weighted by Crippen LogP contribution is -2.12. The zero-order chi connectivity index (χ0) is 22.6. The van der Waals surface area contributed by atoms with E-state index < -0.39 is 21.8 Å². The molecule has 0 aliphatic carbocycles. The summed E-state index contributed by atoms with van der Waals surface area (Å²) in [6.45, 7) is -0.129. The van der Waals surface area contributed by atoms with Crippen LogP contribution in [0.5, 0.6) is 11.8 Å². The van der Waals surface area contributed by atoms with Gasteiger partial charge in [0.25, 0.3) is 5.88 Å². The number of hydrogen-bond acceptors (Lipinski definition) is 7. The Morgan fingerprint density at radius 1 is 1.03 bits per heavy atom. The lowest BCUT2D eigenvalue weighted by Gasteiger charge is -2.11. The number of alkyl halides is 3. The van der Waals surface area contributed by atoms with Gasteiger partial charge in [-0.15, -0.1) is 10.2 Å². The van der Waals surface area contributed by atoms with E-state index in [1.54, 1.807) is 12.1 Å². The van der Waals surface area contributed by atoms with E-state index in [9.17, 15) is 21.6 Å². The number of ether oxygens (including phenoxy) is 2. The van der Waals surface area contributed by atoms with Crippen molar-refractivity contribution in [2.75, 3.05) is 18.1 Å². The number of pyridine rings is 1. The smallest absolute Gasteiger partial charge is 0.416 e. The summed E-state index contributed by atoms with van der Waals surface area (Å²) in [5.74, 6) is 0.122. The van der Waals surface area contributed by atoms with E-state index in [1.807, 2.05) is 0 Å². The Morgan fingerprint density at radius 2 is 1.77 bits per heavy atom. The van der Waals surface area contributed by atoms with Crippen LogP contribution in [-0.2, 0) is 22.8 Å². The molecule has 12 heteroatoms. The summed E-state index contributed by atoms with van der Waals surface area (Å²) >= 11 is 0. The van der Waals surface area contributed by atoms with Gasteiger partial charge in [0, 0.05) is 6.07 Å². The normalized spacial score (nSPS) is 11.8. The molecule has 3 aromatic rings. The Bertz CT molecular complexity index is 1190. The van der Waals surface area contributed by atoms with Crippen molar-refractivity contribution < 1.29 is 31.1 Å². The van der Waals surface area contributed by atoms with Crippen LogP contribution in [0.3, 0.4) is 0 Å². The second kappa shape index (κ2) is 8.76. The first-order chi connectivity index (χ1) is 14.5. The Hall–Kier alpha value is -3.41. The second-order valence-corrected chi connectivity index (χ2v) is 8.12. The van der Waals surface area contributed by atoms with Crippen LogP contribution in [0.4, 0.5) is 18.9 Å². The molecule has 1 aromatic carbocycles. The molecule has 0 fully saturated rings. The molecule has 0 saturated carbocycles. The average molecular weight is 454 g/mol. The topological polar surface area (TPSA) is 103 Å². The zero-order valence-corrected chi connectivity index (χ0v) is 17.2. The molecule has 0 bridgehead atoms. The van der Waals surface area contributed by atoms with Crippen LogP contribution in [0, 0.1) is 0 Å². The minimum absolute atomic E-state index is 0.0221. The quantitative estimate of drug-likeness (QED) is 0.583. The van der Waals surface area contributed by atoms with Gasteiger partial charge in [-0.3, -0.25) is 4.72 Å². The van der Waals surface area contributed by atoms with Gasteiger partial charge in [-0.25, -0.2) is 13.4 Å². The Labute approximate surface area is 176 Å². The predicted octanol–water partition coefficient (Wildman–Crippen LogP) is 3.52. The van der Waals surface area contributed by atoms with Crippen molar-refractivity contribution in [2.45, 2.75) is 12.8 Å². The highest BCUT2D eigenvalue weighted by Crippen LogP contribution is 2.30. The number of halogens is 3. The summed E-state index contributed by atoms with van der Waals surface area (Å²) < 4.78 is 74.4. The van der Waals surface area contributed by atoms with Gasteiger partial charge in [-0.1, -0.05) is 18.2 Å². The van der Waals surface area contributed by atoms with Gasteiger partial charge < -0.3 is 9.47 Å². The minimum Gasteiger partial charge on any atom is -0.478 e. The van der Waals surface area contributed by atoms with Gasteiger partial charge in [-0.2, -0.15) is 13.2 Å². The first-order valence-corrected chi connectivity index (χ1v) is 10.6. The van der Waals surface area contributed by atoms with Crippen LogP contribution in [0.15, 0.2) is 48.5 Å². The molecule has 3 rings (SSSR count). The molecule has 0 aliphatic rings. The Morgan fingerprint density at radius 3 is 2.45 bits per heavy atom. The molecule has 0 spiro atoms. The number of methoxy groups -OCH3 is 1. The molecule has 31 heavy (non-hydrogen) atoms. The van der Waals surface area contributed by atoms with Gasteiger partial charge in [0.1, 0.15) is 18.0 Å². The molecule has 0 unspecified atom stereocenters. The number of benzene rings is 1. The fourth-order valence-electron chi connectivity index (χ4n) is 2.56. The lowest BCUT2D eigenvalue weighted by atomic mass is 10.1.